The van der Waals surface area contributed by atoms with Gasteiger partial charge in [-0.05, 0) is 30.0 Å². The van der Waals surface area contributed by atoms with E-state index in [0.717, 1.165) is 12.0 Å². The maximum atomic E-state index is 11.7. The molecule has 4 heteroatoms. The molecule has 0 aliphatic carbocycles. The topological polar surface area (TPSA) is 49.3 Å². The van der Waals surface area contributed by atoms with Gasteiger partial charge in [-0.2, -0.15) is 0 Å². The highest BCUT2D eigenvalue weighted by molar-refractivity contribution is 6.32. The number of aliphatic hydroxyl groups is 1. The predicted molar refractivity (Wildman–Crippen MR) is 79.0 cm³/mol. The lowest BCUT2D eigenvalue weighted by atomic mass is 10.0. The fourth-order valence-corrected chi connectivity index (χ4v) is 1.97. The van der Waals surface area contributed by atoms with Crippen molar-refractivity contribution in [1.82, 2.24) is 5.32 Å². The van der Waals surface area contributed by atoms with E-state index in [-0.39, 0.29) is 18.6 Å². The summed E-state index contributed by atoms with van der Waals surface area (Å²) in [6, 6.07) is 7.10. The molecule has 0 bridgehead atoms. The van der Waals surface area contributed by atoms with Gasteiger partial charge in [-0.1, -0.05) is 43.6 Å². The Hall–Kier alpha value is -1.32. The fraction of sp³-hybridized carbons (Fsp3) is 0.400. The molecule has 0 aliphatic rings. The third-order valence-corrected chi connectivity index (χ3v) is 2.99. The minimum atomic E-state index is -0.223. The summed E-state index contributed by atoms with van der Waals surface area (Å²) >= 11 is 5.99. The van der Waals surface area contributed by atoms with Crippen LogP contribution in [0.25, 0.3) is 6.08 Å². The summed E-state index contributed by atoms with van der Waals surface area (Å²) < 4.78 is 0. The smallest absolute Gasteiger partial charge is 0.244 e. The molecule has 0 saturated heterocycles. The van der Waals surface area contributed by atoms with Crippen molar-refractivity contribution in [3.8, 4) is 0 Å². The Kier molecular flexibility index (Phi) is 6.60. The second-order valence-electron chi connectivity index (χ2n) is 4.87. The highest BCUT2D eigenvalue weighted by Crippen LogP contribution is 2.16. The molecule has 1 rings (SSSR count). The molecule has 19 heavy (non-hydrogen) atoms. The summed E-state index contributed by atoms with van der Waals surface area (Å²) in [5.74, 6) is 0.199. The van der Waals surface area contributed by atoms with Crippen LogP contribution in [0.2, 0.25) is 5.02 Å². The Morgan fingerprint density at radius 2 is 2.11 bits per heavy atom. The van der Waals surface area contributed by atoms with Crippen LogP contribution in [0.3, 0.4) is 0 Å². The largest absolute Gasteiger partial charge is 0.394 e. The normalized spacial score (nSPS) is 12.9. The lowest BCUT2D eigenvalue weighted by Gasteiger charge is -2.17. The monoisotopic (exact) mass is 281 g/mol. The minimum Gasteiger partial charge on any atom is -0.394 e. The molecule has 3 nitrogen and oxygen atoms in total. The summed E-state index contributed by atoms with van der Waals surface area (Å²) in [6.45, 7) is 4.05. The molecule has 0 aromatic heterocycles. The van der Waals surface area contributed by atoms with Crippen molar-refractivity contribution in [3.63, 3.8) is 0 Å². The maximum Gasteiger partial charge on any atom is 0.244 e. The molecule has 0 spiro atoms. The van der Waals surface area contributed by atoms with Gasteiger partial charge < -0.3 is 10.4 Å². The first-order valence-corrected chi connectivity index (χ1v) is 6.74. The summed E-state index contributed by atoms with van der Waals surface area (Å²) in [4.78, 5) is 11.7. The number of halogens is 1. The summed E-state index contributed by atoms with van der Waals surface area (Å²) in [7, 11) is 0. The van der Waals surface area contributed by atoms with Crippen LogP contribution in [-0.4, -0.2) is 23.7 Å². The molecular formula is C15H20ClNO2. The van der Waals surface area contributed by atoms with Gasteiger partial charge >= 0.3 is 0 Å². The zero-order chi connectivity index (χ0) is 14.3. The molecule has 1 atom stereocenters. The van der Waals surface area contributed by atoms with Gasteiger partial charge in [-0.3, -0.25) is 4.79 Å². The highest BCUT2D eigenvalue weighted by Gasteiger charge is 2.11. The molecular weight excluding hydrogens is 262 g/mol. The van der Waals surface area contributed by atoms with Gasteiger partial charge in [0.05, 0.1) is 12.6 Å². The van der Waals surface area contributed by atoms with Crippen LogP contribution in [-0.2, 0) is 4.79 Å². The van der Waals surface area contributed by atoms with Gasteiger partial charge in [0, 0.05) is 11.1 Å². The number of aliphatic hydroxyl groups excluding tert-OH is 1. The summed E-state index contributed by atoms with van der Waals surface area (Å²) in [5, 5.41) is 12.6. The number of hydrogen-bond donors (Lipinski definition) is 2. The van der Waals surface area contributed by atoms with E-state index < -0.39 is 0 Å². The van der Waals surface area contributed by atoms with Gasteiger partial charge in [-0.15, -0.1) is 0 Å². The zero-order valence-corrected chi connectivity index (χ0v) is 12.0. The summed E-state index contributed by atoms with van der Waals surface area (Å²) in [5.41, 5.74) is 0.795. The van der Waals surface area contributed by atoms with Crippen LogP contribution in [0.5, 0.6) is 0 Å². The van der Waals surface area contributed by atoms with Crippen LogP contribution < -0.4 is 5.32 Å². The molecule has 0 radical (unpaired) electrons. The lowest BCUT2D eigenvalue weighted by Crippen LogP contribution is -2.37. The third-order valence-electron chi connectivity index (χ3n) is 2.64. The van der Waals surface area contributed by atoms with Crippen LogP contribution in [0.4, 0.5) is 0 Å². The molecule has 1 aromatic rings. The maximum absolute atomic E-state index is 11.7. The van der Waals surface area contributed by atoms with E-state index in [4.69, 9.17) is 11.6 Å². The average Bonchev–Trinajstić information content (AvgIpc) is 2.36. The van der Waals surface area contributed by atoms with E-state index in [1.165, 1.54) is 6.08 Å². The second kappa shape index (κ2) is 7.97. The van der Waals surface area contributed by atoms with Crippen molar-refractivity contribution in [3.05, 3.63) is 40.9 Å². The van der Waals surface area contributed by atoms with Crippen molar-refractivity contribution < 1.29 is 9.90 Å². The van der Waals surface area contributed by atoms with Crippen LogP contribution in [0.1, 0.15) is 25.8 Å². The Balaban J connectivity index is 2.57. The van der Waals surface area contributed by atoms with E-state index in [2.05, 4.69) is 5.32 Å². The number of amides is 1. The first kappa shape index (κ1) is 15.7. The molecule has 0 aliphatic heterocycles. The van der Waals surface area contributed by atoms with Crippen molar-refractivity contribution in [1.29, 1.82) is 0 Å². The first-order chi connectivity index (χ1) is 9.02. The third kappa shape index (κ3) is 5.90. The molecule has 0 heterocycles. The van der Waals surface area contributed by atoms with Crippen LogP contribution in [0, 0.1) is 5.92 Å². The van der Waals surface area contributed by atoms with E-state index in [1.54, 1.807) is 12.1 Å². The fourth-order valence-electron chi connectivity index (χ4n) is 1.77. The Morgan fingerprint density at radius 1 is 1.42 bits per heavy atom. The van der Waals surface area contributed by atoms with E-state index >= 15 is 0 Å². The minimum absolute atomic E-state index is 0.0517. The summed E-state index contributed by atoms with van der Waals surface area (Å²) in [6.07, 6.45) is 3.86. The Labute approximate surface area is 119 Å². The van der Waals surface area contributed by atoms with Crippen LogP contribution in [0.15, 0.2) is 30.3 Å². The SMILES string of the molecule is CC(C)CC(CO)NC(=O)/C=C/c1ccccc1Cl. The van der Waals surface area contributed by atoms with Gasteiger partial charge in [0.15, 0.2) is 0 Å². The number of nitrogens with one attached hydrogen (secondary N) is 1. The molecule has 1 unspecified atom stereocenters. The Morgan fingerprint density at radius 3 is 2.68 bits per heavy atom. The number of carbonyl (C=O) groups excluding carboxylic acids is 1. The molecule has 1 aromatic carbocycles. The number of benzene rings is 1. The highest BCUT2D eigenvalue weighted by atomic mass is 35.5. The molecule has 104 valence electrons. The van der Waals surface area contributed by atoms with Gasteiger partial charge in [0.25, 0.3) is 0 Å². The van der Waals surface area contributed by atoms with Crippen molar-refractivity contribution >= 4 is 23.6 Å². The number of hydrogen-bond acceptors (Lipinski definition) is 2. The van der Waals surface area contributed by atoms with Gasteiger partial charge in [0.2, 0.25) is 5.91 Å². The molecule has 2 N–H and O–H groups in total. The van der Waals surface area contributed by atoms with Gasteiger partial charge in [0.1, 0.15) is 0 Å². The zero-order valence-electron chi connectivity index (χ0n) is 11.3. The van der Waals surface area contributed by atoms with Crippen molar-refractivity contribution in [2.24, 2.45) is 5.92 Å². The predicted octanol–water partition coefficient (Wildman–Crippen LogP) is 2.88. The standard InChI is InChI=1S/C15H20ClNO2/c1-11(2)9-13(10-18)17-15(19)8-7-12-5-3-4-6-14(12)16/h3-8,11,13,18H,9-10H2,1-2H3,(H,17,19)/b8-7+. The van der Waals surface area contributed by atoms with E-state index in [0.29, 0.717) is 10.9 Å². The average molecular weight is 282 g/mol. The molecule has 0 saturated carbocycles. The van der Waals surface area contributed by atoms with Crippen molar-refractivity contribution in [2.75, 3.05) is 6.61 Å². The lowest BCUT2D eigenvalue weighted by molar-refractivity contribution is -0.117. The quantitative estimate of drug-likeness (QED) is 0.788. The second-order valence-corrected chi connectivity index (χ2v) is 5.28. The molecule has 1 amide bonds. The number of rotatable bonds is 6. The Bertz CT molecular complexity index is 444. The molecule has 0 fully saturated rings. The van der Waals surface area contributed by atoms with Gasteiger partial charge in [-0.25, -0.2) is 0 Å². The number of carbonyl (C=O) groups is 1. The van der Waals surface area contributed by atoms with Crippen LogP contribution >= 0.6 is 11.6 Å². The van der Waals surface area contributed by atoms with E-state index in [9.17, 15) is 9.90 Å². The van der Waals surface area contributed by atoms with Crippen molar-refractivity contribution in [2.45, 2.75) is 26.3 Å². The first-order valence-electron chi connectivity index (χ1n) is 6.37. The van der Waals surface area contributed by atoms with E-state index in [1.807, 2.05) is 32.0 Å².